The summed E-state index contributed by atoms with van der Waals surface area (Å²) in [6.45, 7) is 5.57. The van der Waals surface area contributed by atoms with E-state index in [1.54, 1.807) is 6.92 Å². The van der Waals surface area contributed by atoms with Crippen molar-refractivity contribution in [2.45, 2.75) is 27.2 Å². The smallest absolute Gasteiger partial charge is 0.307 e. The minimum atomic E-state index is -0.778. The zero-order valence-corrected chi connectivity index (χ0v) is 10.4. The van der Waals surface area contributed by atoms with Crippen molar-refractivity contribution in [3.63, 3.8) is 0 Å². The molecular formula is C13H18O4. The van der Waals surface area contributed by atoms with E-state index in [1.165, 1.54) is 6.92 Å². The van der Waals surface area contributed by atoms with Crippen molar-refractivity contribution in [1.82, 2.24) is 0 Å². The summed E-state index contributed by atoms with van der Waals surface area (Å²) >= 11 is 0. The lowest BCUT2D eigenvalue weighted by atomic mass is 10.1. The fourth-order valence-electron chi connectivity index (χ4n) is 1.17. The molecule has 0 spiro atoms. The van der Waals surface area contributed by atoms with Gasteiger partial charge in [0.2, 0.25) is 0 Å². The molecule has 0 fully saturated rings. The summed E-state index contributed by atoms with van der Waals surface area (Å²) in [5.74, 6) is -0.989. The van der Waals surface area contributed by atoms with Gasteiger partial charge < -0.3 is 9.84 Å². The molecule has 4 nitrogen and oxygen atoms in total. The van der Waals surface area contributed by atoms with Crippen molar-refractivity contribution < 1.29 is 19.4 Å². The van der Waals surface area contributed by atoms with Crippen LogP contribution in [0.25, 0.3) is 0 Å². The Balaban J connectivity index is 0.000000366. The van der Waals surface area contributed by atoms with Crippen LogP contribution in [-0.2, 0) is 20.7 Å². The molecule has 1 rings (SSSR count). The molecule has 0 aliphatic carbocycles. The number of carbonyl (C=O) groups is 2. The van der Waals surface area contributed by atoms with Gasteiger partial charge in [0.05, 0.1) is 13.0 Å². The molecule has 0 saturated carbocycles. The van der Waals surface area contributed by atoms with E-state index in [2.05, 4.69) is 4.74 Å². The van der Waals surface area contributed by atoms with Gasteiger partial charge in [-0.2, -0.15) is 0 Å². The molecule has 0 amide bonds. The normalized spacial score (nSPS) is 8.88. The third-order valence-electron chi connectivity index (χ3n) is 1.95. The Morgan fingerprint density at radius 2 is 1.88 bits per heavy atom. The van der Waals surface area contributed by atoms with E-state index >= 15 is 0 Å². The molecule has 1 aromatic carbocycles. The van der Waals surface area contributed by atoms with Crippen LogP contribution in [0, 0.1) is 6.92 Å². The molecule has 94 valence electrons. The van der Waals surface area contributed by atoms with E-state index in [1.807, 2.05) is 31.2 Å². The molecule has 4 heteroatoms. The van der Waals surface area contributed by atoms with Crippen molar-refractivity contribution in [2.24, 2.45) is 0 Å². The molecule has 17 heavy (non-hydrogen) atoms. The molecular weight excluding hydrogens is 220 g/mol. The number of aryl methyl sites for hydroxylation is 1. The zero-order chi connectivity index (χ0) is 13.3. The third kappa shape index (κ3) is 8.02. The molecule has 0 aliphatic rings. The molecule has 0 atom stereocenters. The molecule has 0 heterocycles. The quantitative estimate of drug-likeness (QED) is 0.820. The molecule has 0 bridgehead atoms. The Kier molecular flexibility index (Phi) is 7.43. The van der Waals surface area contributed by atoms with Crippen molar-refractivity contribution >= 4 is 11.9 Å². The largest absolute Gasteiger partial charge is 0.481 e. The van der Waals surface area contributed by atoms with Gasteiger partial charge >= 0.3 is 11.9 Å². The fourth-order valence-corrected chi connectivity index (χ4v) is 1.17. The number of hydrogen-bond acceptors (Lipinski definition) is 3. The summed E-state index contributed by atoms with van der Waals surface area (Å²) < 4.78 is 4.40. The van der Waals surface area contributed by atoms with Crippen molar-refractivity contribution in [2.75, 3.05) is 6.61 Å². The maximum Gasteiger partial charge on any atom is 0.307 e. The van der Waals surface area contributed by atoms with Crippen LogP contribution in [0.15, 0.2) is 24.3 Å². The van der Waals surface area contributed by atoms with Crippen molar-refractivity contribution in [3.05, 3.63) is 35.4 Å². The second kappa shape index (κ2) is 8.33. The number of esters is 1. The van der Waals surface area contributed by atoms with Gasteiger partial charge in [0.15, 0.2) is 0 Å². The second-order valence-electron chi connectivity index (χ2n) is 3.42. The first-order valence-corrected chi connectivity index (χ1v) is 5.37. The predicted octanol–water partition coefficient (Wildman–Crippen LogP) is 2.19. The Bertz CT molecular complexity index is 371. The van der Waals surface area contributed by atoms with Gasteiger partial charge in [-0.05, 0) is 25.0 Å². The van der Waals surface area contributed by atoms with Crippen LogP contribution in [0.5, 0.6) is 0 Å². The number of aliphatic carboxylic acids is 1. The number of carbonyl (C=O) groups excluding carboxylic acids is 1. The Labute approximate surface area is 101 Å². The molecule has 0 aromatic heterocycles. The maximum absolute atomic E-state index is 10.3. The molecule has 1 N–H and O–H groups in total. The molecule has 1 aromatic rings. The number of hydrogen-bond donors (Lipinski definition) is 1. The van der Waals surface area contributed by atoms with Gasteiger partial charge in [0.1, 0.15) is 0 Å². The van der Waals surface area contributed by atoms with E-state index in [-0.39, 0.29) is 12.4 Å². The molecule has 0 radical (unpaired) electrons. The predicted molar refractivity (Wildman–Crippen MR) is 64.8 cm³/mol. The first-order chi connectivity index (χ1) is 7.97. The van der Waals surface area contributed by atoms with Gasteiger partial charge in [-0.25, -0.2) is 0 Å². The summed E-state index contributed by atoms with van der Waals surface area (Å²) in [5.41, 5.74) is 1.93. The van der Waals surface area contributed by atoms with Crippen LogP contribution < -0.4 is 0 Å². The average Bonchev–Trinajstić information content (AvgIpc) is 2.21. The number of ether oxygens (including phenoxy) is 1. The highest BCUT2D eigenvalue weighted by molar-refractivity contribution is 5.70. The highest BCUT2D eigenvalue weighted by Crippen LogP contribution is 2.06. The Morgan fingerprint density at radius 3 is 2.24 bits per heavy atom. The van der Waals surface area contributed by atoms with Crippen LogP contribution in [0.1, 0.15) is 25.0 Å². The standard InChI is InChI=1S/C9H10O2.C4H8O2/c1-7-4-2-3-5-8(7)6-9(10)11;1-3-6-4(2)5/h2-5H,6H2,1H3,(H,10,11);3H2,1-2H3. The topological polar surface area (TPSA) is 63.6 Å². The minimum absolute atomic E-state index is 0.118. The van der Waals surface area contributed by atoms with Gasteiger partial charge in [0, 0.05) is 6.92 Å². The summed E-state index contributed by atoms with van der Waals surface area (Å²) in [6, 6.07) is 7.51. The van der Waals surface area contributed by atoms with Crippen molar-refractivity contribution in [1.29, 1.82) is 0 Å². The maximum atomic E-state index is 10.3. The molecule has 0 aliphatic heterocycles. The Hall–Kier alpha value is -1.84. The highest BCUT2D eigenvalue weighted by Gasteiger charge is 2.01. The van der Waals surface area contributed by atoms with E-state index in [0.717, 1.165) is 11.1 Å². The lowest BCUT2D eigenvalue weighted by Gasteiger charge is -1.99. The van der Waals surface area contributed by atoms with E-state index in [0.29, 0.717) is 6.61 Å². The first kappa shape index (κ1) is 15.2. The fraction of sp³-hybridized carbons (Fsp3) is 0.385. The molecule has 0 unspecified atom stereocenters. The van der Waals surface area contributed by atoms with E-state index in [4.69, 9.17) is 5.11 Å². The van der Waals surface area contributed by atoms with Crippen LogP contribution in [-0.4, -0.2) is 23.7 Å². The van der Waals surface area contributed by atoms with Crippen LogP contribution >= 0.6 is 0 Å². The lowest BCUT2D eigenvalue weighted by molar-refractivity contribution is -0.140. The third-order valence-corrected chi connectivity index (χ3v) is 1.95. The van der Waals surface area contributed by atoms with E-state index < -0.39 is 5.97 Å². The highest BCUT2D eigenvalue weighted by atomic mass is 16.5. The first-order valence-electron chi connectivity index (χ1n) is 5.37. The van der Waals surface area contributed by atoms with Gasteiger partial charge in [-0.15, -0.1) is 0 Å². The summed E-state index contributed by atoms with van der Waals surface area (Å²) in [4.78, 5) is 20.1. The second-order valence-corrected chi connectivity index (χ2v) is 3.42. The summed E-state index contributed by atoms with van der Waals surface area (Å²) in [5, 5.41) is 8.49. The average molecular weight is 238 g/mol. The van der Waals surface area contributed by atoms with Gasteiger partial charge in [-0.1, -0.05) is 24.3 Å². The number of carboxylic acids is 1. The lowest BCUT2D eigenvalue weighted by Crippen LogP contribution is -2.01. The minimum Gasteiger partial charge on any atom is -0.481 e. The Morgan fingerprint density at radius 1 is 1.29 bits per heavy atom. The van der Waals surface area contributed by atoms with Gasteiger partial charge in [0.25, 0.3) is 0 Å². The van der Waals surface area contributed by atoms with E-state index in [9.17, 15) is 9.59 Å². The number of benzene rings is 1. The van der Waals surface area contributed by atoms with Crippen LogP contribution in [0.2, 0.25) is 0 Å². The SMILES string of the molecule is CCOC(C)=O.Cc1ccccc1CC(=O)O. The van der Waals surface area contributed by atoms with Crippen LogP contribution in [0.3, 0.4) is 0 Å². The number of carboxylic acid groups (broad SMARTS) is 1. The molecule has 0 saturated heterocycles. The van der Waals surface area contributed by atoms with Crippen LogP contribution in [0.4, 0.5) is 0 Å². The summed E-state index contributed by atoms with van der Waals surface area (Å²) in [6.07, 6.45) is 0.118. The number of rotatable bonds is 3. The van der Waals surface area contributed by atoms with Crippen molar-refractivity contribution in [3.8, 4) is 0 Å². The van der Waals surface area contributed by atoms with Gasteiger partial charge in [-0.3, -0.25) is 9.59 Å². The summed E-state index contributed by atoms with van der Waals surface area (Å²) in [7, 11) is 0. The monoisotopic (exact) mass is 238 g/mol. The zero-order valence-electron chi connectivity index (χ0n) is 10.4.